The van der Waals surface area contributed by atoms with E-state index in [0.29, 0.717) is 18.4 Å². The number of fused-ring (bicyclic) bond motifs is 2. The van der Waals surface area contributed by atoms with Gasteiger partial charge in [-0.3, -0.25) is 0 Å². The fraction of sp³-hybridized carbons (Fsp3) is 0.533. The van der Waals surface area contributed by atoms with Crippen LogP contribution in [0.15, 0.2) is 18.2 Å². The van der Waals surface area contributed by atoms with E-state index in [-0.39, 0.29) is 11.3 Å². The van der Waals surface area contributed by atoms with Crippen molar-refractivity contribution in [3.8, 4) is 5.75 Å². The normalized spacial score (nSPS) is 28.6. The molecule has 0 radical (unpaired) electrons. The third-order valence-corrected chi connectivity index (χ3v) is 4.51. The quantitative estimate of drug-likeness (QED) is 0.907. The predicted molar refractivity (Wildman–Crippen MR) is 67.8 cm³/mol. The van der Waals surface area contributed by atoms with Crippen LogP contribution in [0.5, 0.6) is 5.75 Å². The highest BCUT2D eigenvalue weighted by Crippen LogP contribution is 2.48. The Kier molecular flexibility index (Phi) is 3.17. The number of carboxylic acid groups (broad SMARTS) is 1. The standard InChI is InChI=1S/C15H17FO3/c16-12-3-4-13(15(17)18)14(7-12)19-8-11-6-9-1-2-10(11)5-9/h3-4,7,9-11H,1-2,5-6,8H2,(H,17,18). The van der Waals surface area contributed by atoms with Gasteiger partial charge < -0.3 is 9.84 Å². The largest absolute Gasteiger partial charge is 0.492 e. The molecular formula is C15H17FO3. The lowest BCUT2D eigenvalue weighted by Crippen LogP contribution is -2.19. The van der Waals surface area contributed by atoms with Gasteiger partial charge in [-0.05, 0) is 49.1 Å². The van der Waals surface area contributed by atoms with E-state index in [4.69, 9.17) is 9.84 Å². The van der Waals surface area contributed by atoms with Crippen molar-refractivity contribution < 1.29 is 19.0 Å². The Hall–Kier alpha value is -1.58. The van der Waals surface area contributed by atoms with Crippen LogP contribution in [-0.2, 0) is 0 Å². The van der Waals surface area contributed by atoms with Crippen LogP contribution >= 0.6 is 0 Å². The summed E-state index contributed by atoms with van der Waals surface area (Å²) in [5.74, 6) is 0.645. The predicted octanol–water partition coefficient (Wildman–Crippen LogP) is 3.34. The molecule has 2 aliphatic rings. The molecule has 3 unspecified atom stereocenters. The fourth-order valence-electron chi connectivity index (χ4n) is 3.57. The lowest BCUT2D eigenvalue weighted by molar-refractivity contribution is 0.0690. The maximum absolute atomic E-state index is 13.2. The average Bonchev–Trinajstić information content (AvgIpc) is 2.98. The first kappa shape index (κ1) is 12.5. The van der Waals surface area contributed by atoms with Gasteiger partial charge in [0.1, 0.15) is 17.1 Å². The van der Waals surface area contributed by atoms with Gasteiger partial charge in [0.2, 0.25) is 0 Å². The number of hydrogen-bond acceptors (Lipinski definition) is 2. The lowest BCUT2D eigenvalue weighted by atomic mass is 9.89. The van der Waals surface area contributed by atoms with E-state index >= 15 is 0 Å². The third-order valence-electron chi connectivity index (χ3n) is 4.51. The van der Waals surface area contributed by atoms with Gasteiger partial charge >= 0.3 is 5.97 Å². The van der Waals surface area contributed by atoms with Crippen LogP contribution in [0.3, 0.4) is 0 Å². The van der Waals surface area contributed by atoms with Gasteiger partial charge in [0, 0.05) is 6.07 Å². The number of ether oxygens (including phenoxy) is 1. The molecule has 0 aromatic heterocycles. The Labute approximate surface area is 111 Å². The lowest BCUT2D eigenvalue weighted by Gasteiger charge is -2.22. The molecule has 3 nitrogen and oxygen atoms in total. The van der Waals surface area contributed by atoms with E-state index in [1.165, 1.54) is 31.7 Å². The zero-order chi connectivity index (χ0) is 13.4. The summed E-state index contributed by atoms with van der Waals surface area (Å²) in [6.45, 7) is 0.505. The van der Waals surface area contributed by atoms with Crippen LogP contribution < -0.4 is 4.74 Å². The molecule has 3 rings (SSSR count). The van der Waals surface area contributed by atoms with Crippen molar-refractivity contribution in [2.24, 2.45) is 17.8 Å². The van der Waals surface area contributed by atoms with E-state index in [9.17, 15) is 9.18 Å². The molecule has 2 aliphatic carbocycles. The van der Waals surface area contributed by atoms with E-state index in [0.717, 1.165) is 18.1 Å². The second-order valence-corrected chi connectivity index (χ2v) is 5.69. The maximum Gasteiger partial charge on any atom is 0.339 e. The molecule has 1 aromatic carbocycles. The van der Waals surface area contributed by atoms with Gasteiger partial charge in [0.25, 0.3) is 0 Å². The zero-order valence-electron chi connectivity index (χ0n) is 10.6. The summed E-state index contributed by atoms with van der Waals surface area (Å²) in [5, 5.41) is 9.05. The molecule has 0 aliphatic heterocycles. The van der Waals surface area contributed by atoms with Crippen molar-refractivity contribution in [3.63, 3.8) is 0 Å². The van der Waals surface area contributed by atoms with Crippen LogP contribution in [0.25, 0.3) is 0 Å². The van der Waals surface area contributed by atoms with Gasteiger partial charge in [0.05, 0.1) is 6.61 Å². The second kappa shape index (κ2) is 4.83. The minimum absolute atomic E-state index is 0.0320. The maximum atomic E-state index is 13.2. The topological polar surface area (TPSA) is 46.5 Å². The summed E-state index contributed by atoms with van der Waals surface area (Å²) in [7, 11) is 0. The number of carboxylic acids is 1. The van der Waals surface area contributed by atoms with Gasteiger partial charge in [0.15, 0.2) is 0 Å². The van der Waals surface area contributed by atoms with Crippen LogP contribution in [0, 0.1) is 23.6 Å². The molecule has 0 spiro atoms. The molecule has 0 heterocycles. The van der Waals surface area contributed by atoms with Crippen molar-refractivity contribution in [1.82, 2.24) is 0 Å². The highest BCUT2D eigenvalue weighted by atomic mass is 19.1. The minimum Gasteiger partial charge on any atom is -0.492 e. The summed E-state index contributed by atoms with van der Waals surface area (Å²) < 4.78 is 18.8. The van der Waals surface area contributed by atoms with E-state index in [2.05, 4.69) is 0 Å². The Morgan fingerprint density at radius 3 is 2.84 bits per heavy atom. The molecule has 1 N–H and O–H groups in total. The molecular weight excluding hydrogens is 247 g/mol. The Morgan fingerprint density at radius 1 is 1.37 bits per heavy atom. The van der Waals surface area contributed by atoms with Gasteiger partial charge in [-0.1, -0.05) is 6.42 Å². The van der Waals surface area contributed by atoms with Gasteiger partial charge in [-0.2, -0.15) is 0 Å². The third kappa shape index (κ3) is 2.44. The first-order valence-electron chi connectivity index (χ1n) is 6.79. The number of rotatable bonds is 4. The Bertz CT molecular complexity index is 500. The molecule has 1 aromatic rings. The molecule has 0 amide bonds. The number of carbonyl (C=O) groups is 1. The molecule has 2 fully saturated rings. The SMILES string of the molecule is O=C(O)c1ccc(F)cc1OCC1CC2CCC1C2. The molecule has 0 saturated heterocycles. The number of benzene rings is 1. The van der Waals surface area contributed by atoms with Crippen LogP contribution in [0.2, 0.25) is 0 Å². The van der Waals surface area contributed by atoms with Gasteiger partial charge in [-0.25, -0.2) is 9.18 Å². The van der Waals surface area contributed by atoms with E-state index in [1.54, 1.807) is 0 Å². The molecule has 19 heavy (non-hydrogen) atoms. The minimum atomic E-state index is -1.08. The number of halogens is 1. The van der Waals surface area contributed by atoms with Crippen LogP contribution in [0.4, 0.5) is 4.39 Å². The van der Waals surface area contributed by atoms with E-state index in [1.807, 2.05) is 0 Å². The summed E-state index contributed by atoms with van der Waals surface area (Å²) in [4.78, 5) is 11.1. The summed E-state index contributed by atoms with van der Waals surface area (Å²) >= 11 is 0. The molecule has 2 saturated carbocycles. The van der Waals surface area contributed by atoms with E-state index < -0.39 is 11.8 Å². The highest BCUT2D eigenvalue weighted by molar-refractivity contribution is 5.90. The number of hydrogen-bond donors (Lipinski definition) is 1. The fourth-order valence-corrected chi connectivity index (χ4v) is 3.57. The van der Waals surface area contributed by atoms with Crippen molar-refractivity contribution in [2.75, 3.05) is 6.61 Å². The molecule has 102 valence electrons. The van der Waals surface area contributed by atoms with Crippen LogP contribution in [-0.4, -0.2) is 17.7 Å². The first-order chi connectivity index (χ1) is 9.13. The summed E-state index contributed by atoms with van der Waals surface area (Å²) in [5.41, 5.74) is 0.0320. The Morgan fingerprint density at radius 2 is 2.21 bits per heavy atom. The summed E-state index contributed by atoms with van der Waals surface area (Å²) in [6.07, 6.45) is 5.03. The highest BCUT2D eigenvalue weighted by Gasteiger charge is 2.39. The van der Waals surface area contributed by atoms with Crippen LogP contribution in [0.1, 0.15) is 36.0 Å². The van der Waals surface area contributed by atoms with Gasteiger partial charge in [-0.15, -0.1) is 0 Å². The first-order valence-corrected chi connectivity index (χ1v) is 6.79. The molecule has 3 atom stereocenters. The van der Waals surface area contributed by atoms with Crippen molar-refractivity contribution >= 4 is 5.97 Å². The molecule has 2 bridgehead atoms. The average molecular weight is 264 g/mol. The van der Waals surface area contributed by atoms with Crippen molar-refractivity contribution in [3.05, 3.63) is 29.6 Å². The van der Waals surface area contributed by atoms with Crippen molar-refractivity contribution in [1.29, 1.82) is 0 Å². The van der Waals surface area contributed by atoms with Crippen molar-refractivity contribution in [2.45, 2.75) is 25.7 Å². The zero-order valence-corrected chi connectivity index (χ0v) is 10.6. The Balaban J connectivity index is 1.69. The summed E-state index contributed by atoms with van der Waals surface area (Å²) in [6, 6.07) is 3.57. The molecule has 4 heteroatoms. The monoisotopic (exact) mass is 264 g/mol. The number of aromatic carboxylic acids is 1. The smallest absolute Gasteiger partial charge is 0.339 e. The second-order valence-electron chi connectivity index (χ2n) is 5.69.